The van der Waals surface area contributed by atoms with Crippen molar-refractivity contribution in [2.45, 2.75) is 275 Å². The summed E-state index contributed by atoms with van der Waals surface area (Å²) in [5, 5.41) is 170. The van der Waals surface area contributed by atoms with Crippen LogP contribution in [0.3, 0.4) is 0 Å². The van der Waals surface area contributed by atoms with Crippen LogP contribution in [-0.2, 0) is 114 Å². The van der Waals surface area contributed by atoms with Gasteiger partial charge in [0.2, 0.25) is 11.8 Å². The van der Waals surface area contributed by atoms with Crippen LogP contribution in [0.2, 0.25) is 0 Å². The van der Waals surface area contributed by atoms with E-state index in [1.54, 1.807) is 20.8 Å². The van der Waals surface area contributed by atoms with Gasteiger partial charge in [0.15, 0.2) is 18.9 Å². The molecule has 110 heavy (non-hydrogen) atoms. The number of carboxylic acid groups (broad SMARTS) is 2. The number of aliphatic carboxylic acids is 2. The van der Waals surface area contributed by atoms with Crippen LogP contribution in [0.15, 0.2) is 0 Å². The zero-order valence-electron chi connectivity index (χ0n) is 64.0. The summed E-state index contributed by atoms with van der Waals surface area (Å²) in [5.41, 5.74) is 0. The standard InChI is InChI=1S/C67H118N2O39.2Na/c1-9-40-48(77)52(81)49(78)45(103-40)30-100-65-39(76)18-41(42(104-65)27-89-6)98-25-37(74)21-94-16-12-10-14-92-20-36(73)24-97-29-44-51(80)57(47(32(3)102-44)69-34(5)71)106-67-60(55(84)59(91-8)62(108-67)64(87)88)99-26-38(75)22-95-17-13-11-15-93-19-35(72)23-96-28-43-50(79)56(46(31(2)101-43)68-33(4)70)105-66-54(83)53(82)58(90-7)61(107-66)63(85)86;;/h31-32,35-62,65-67,72-84H,9-30H2,1-8H3,(H,68,70)(H,69,71)(H,85,86)(H,87,88);;/q;2*+1/p-2/t31-,32-,35?,36?,37?,38?,39?,40-,41+,42?,43?,44?,45?,46?,47?,48?,49-,50-,51-,52-,53-,54?,55+,56-,57-,58+,59+,60?,61?,62?,65+,66-,67-;;/m1../s1. The van der Waals surface area contributed by atoms with Gasteiger partial charge in [-0.1, -0.05) is 6.92 Å². The topological polar surface area (TPSA) is 586 Å². The first kappa shape index (κ1) is 101. The van der Waals surface area contributed by atoms with Crippen LogP contribution in [0, 0.1) is 0 Å². The third-order valence-electron chi connectivity index (χ3n) is 18.9. The number of amides is 2. The first-order valence-corrected chi connectivity index (χ1v) is 36.3. The molecule has 16 unspecified atom stereocenters. The van der Waals surface area contributed by atoms with Gasteiger partial charge in [-0.15, -0.1) is 0 Å². The first-order valence-electron chi connectivity index (χ1n) is 36.3. The van der Waals surface area contributed by atoms with Gasteiger partial charge in [-0.25, -0.2) is 0 Å². The largest absolute Gasteiger partial charge is 1.00 e. The number of methoxy groups -OCH3 is 3. The average Bonchev–Trinajstić information content (AvgIpc) is 0.779. The number of ether oxygens (including phenoxy) is 20. The molecule has 6 fully saturated rings. The number of carbonyl (C=O) groups is 4. The molecule has 0 bridgehead atoms. The summed E-state index contributed by atoms with van der Waals surface area (Å²) >= 11 is 0. The number of nitrogens with one attached hydrogen (secondary N) is 2. The molecule has 2 amide bonds. The van der Waals surface area contributed by atoms with Crippen molar-refractivity contribution in [1.29, 1.82) is 0 Å². The molecule has 33 atom stereocenters. The van der Waals surface area contributed by atoms with Crippen LogP contribution in [0.5, 0.6) is 0 Å². The maximum absolute atomic E-state index is 12.5. The number of carboxylic acids is 2. The van der Waals surface area contributed by atoms with Crippen molar-refractivity contribution < 1.29 is 250 Å². The van der Waals surface area contributed by atoms with E-state index in [9.17, 15) is 95.8 Å². The van der Waals surface area contributed by atoms with E-state index in [0.29, 0.717) is 32.1 Å². The molecule has 41 nitrogen and oxygen atoms in total. The third kappa shape index (κ3) is 30.7. The Morgan fingerprint density at radius 2 is 0.827 bits per heavy atom. The zero-order valence-corrected chi connectivity index (χ0v) is 68.0. The van der Waals surface area contributed by atoms with Crippen molar-refractivity contribution in [1.82, 2.24) is 10.6 Å². The Morgan fingerprint density at radius 3 is 1.26 bits per heavy atom. The molecule has 0 aromatic rings. The Balaban J connectivity index is 0.0000128. The smallest absolute Gasteiger partial charge is 0.547 e. The number of rotatable bonds is 48. The molecule has 6 aliphatic heterocycles. The Bertz CT molecular complexity index is 2580. The average molecular weight is 1620 g/mol. The molecule has 0 radical (unpaired) electrons. The number of aliphatic hydroxyl groups is 13. The molecule has 6 heterocycles. The number of carbonyl (C=O) groups excluding carboxylic acids is 4. The fraction of sp³-hybridized carbons (Fsp3) is 0.940. The Kier molecular flexibility index (Phi) is 47.5. The van der Waals surface area contributed by atoms with Crippen molar-refractivity contribution in [2.24, 2.45) is 0 Å². The Hall–Kier alpha value is -1.44. The number of hydrogen-bond acceptors (Lipinski definition) is 39. The summed E-state index contributed by atoms with van der Waals surface area (Å²) in [6.07, 6.45) is -39.8. The maximum Gasteiger partial charge on any atom is 1.00 e. The van der Waals surface area contributed by atoms with Gasteiger partial charge >= 0.3 is 59.1 Å². The van der Waals surface area contributed by atoms with Gasteiger partial charge in [-0.05, 0) is 46.0 Å². The summed E-state index contributed by atoms with van der Waals surface area (Å²) in [7, 11) is 3.66. The van der Waals surface area contributed by atoms with Crippen LogP contribution in [-0.4, -0.2) is 419 Å². The molecule has 6 rings (SSSR count). The van der Waals surface area contributed by atoms with Crippen molar-refractivity contribution >= 4 is 23.8 Å². The van der Waals surface area contributed by atoms with Gasteiger partial charge in [0, 0.05) is 68.0 Å². The predicted molar refractivity (Wildman–Crippen MR) is 354 cm³/mol. The zero-order chi connectivity index (χ0) is 79.5. The molecule has 0 spiro atoms. The van der Waals surface area contributed by atoms with Crippen LogP contribution >= 0.6 is 0 Å². The fourth-order valence-corrected chi connectivity index (χ4v) is 13.2. The summed E-state index contributed by atoms with van der Waals surface area (Å²) < 4.78 is 114. The fourth-order valence-electron chi connectivity index (χ4n) is 13.2. The molecular formula is C67H116N2Na2O39. The van der Waals surface area contributed by atoms with Gasteiger partial charge in [0.1, 0.15) is 146 Å². The van der Waals surface area contributed by atoms with Crippen LogP contribution in [0.4, 0.5) is 0 Å². The van der Waals surface area contributed by atoms with Gasteiger partial charge in [0.05, 0.1) is 128 Å². The van der Waals surface area contributed by atoms with E-state index in [0.717, 1.165) is 14.2 Å². The number of aliphatic hydroxyl groups excluding tert-OH is 13. The Morgan fingerprint density at radius 1 is 0.418 bits per heavy atom. The summed E-state index contributed by atoms with van der Waals surface area (Å²) in [4.78, 5) is 48.8. The van der Waals surface area contributed by atoms with E-state index in [-0.39, 0.29) is 165 Å². The molecule has 630 valence electrons. The van der Waals surface area contributed by atoms with E-state index < -0.39 is 232 Å². The summed E-state index contributed by atoms with van der Waals surface area (Å²) in [5.74, 6) is -4.67. The van der Waals surface area contributed by atoms with E-state index in [4.69, 9.17) is 94.7 Å². The summed E-state index contributed by atoms with van der Waals surface area (Å²) in [6.45, 7) is 5.24. The monoisotopic (exact) mass is 1620 g/mol. The van der Waals surface area contributed by atoms with E-state index >= 15 is 0 Å². The minimum absolute atomic E-state index is 0. The van der Waals surface area contributed by atoms with Crippen molar-refractivity contribution in [3.8, 4) is 0 Å². The molecule has 6 aliphatic rings. The number of unbranched alkanes of at least 4 members (excludes halogenated alkanes) is 2. The van der Waals surface area contributed by atoms with E-state index in [2.05, 4.69) is 10.6 Å². The van der Waals surface area contributed by atoms with E-state index in [1.807, 2.05) is 0 Å². The van der Waals surface area contributed by atoms with E-state index in [1.165, 1.54) is 21.0 Å². The normalized spacial score (nSPS) is 37.3. The molecule has 0 aromatic carbocycles. The molecule has 15 N–H and O–H groups in total. The Labute approximate surface area is 682 Å². The first-order chi connectivity index (χ1) is 51.4. The minimum Gasteiger partial charge on any atom is -0.547 e. The van der Waals surface area contributed by atoms with Crippen molar-refractivity contribution in [3.05, 3.63) is 0 Å². The second kappa shape index (κ2) is 51.8. The maximum atomic E-state index is 12.5. The second-order valence-corrected chi connectivity index (χ2v) is 27.6. The molecule has 43 heteroatoms. The number of hydrogen-bond donors (Lipinski definition) is 15. The van der Waals surface area contributed by atoms with Gasteiger partial charge in [-0.2, -0.15) is 0 Å². The van der Waals surface area contributed by atoms with Crippen molar-refractivity contribution in [3.63, 3.8) is 0 Å². The molecule has 0 aliphatic carbocycles. The van der Waals surface area contributed by atoms with Crippen LogP contribution < -0.4 is 80.0 Å². The van der Waals surface area contributed by atoms with Crippen molar-refractivity contribution in [2.75, 3.05) is 127 Å². The van der Waals surface area contributed by atoms with Crippen LogP contribution in [0.1, 0.15) is 73.1 Å². The summed E-state index contributed by atoms with van der Waals surface area (Å²) in [6, 6.07) is -2.18. The minimum atomic E-state index is -1.95. The van der Waals surface area contributed by atoms with Gasteiger partial charge in [0.25, 0.3) is 0 Å². The third-order valence-corrected chi connectivity index (χ3v) is 18.9. The molecule has 0 saturated carbocycles. The van der Waals surface area contributed by atoms with Gasteiger partial charge in [-0.3, -0.25) is 9.59 Å². The predicted octanol–water partition coefficient (Wildman–Crippen LogP) is -16.6. The quantitative estimate of drug-likeness (QED) is 0.0199. The molecular weight excluding hydrogens is 1500 g/mol. The van der Waals surface area contributed by atoms with Crippen LogP contribution in [0.25, 0.3) is 0 Å². The van der Waals surface area contributed by atoms with Gasteiger partial charge < -0.3 is 192 Å². The molecule has 6 saturated heterocycles. The second-order valence-electron chi connectivity index (χ2n) is 27.6. The molecule has 0 aromatic heterocycles. The SMILES string of the molecule is CC[C@H]1OC(CO[C@H]2OC(COC)[C@@H](OCC(O)COCCCCOCC(O)COCC3O[C@H](C)C(NC(C)=O)[C@@H](O[C@@H]4OC(C(=O)[O-])[C@@H](OC)[C@H](O)C4OCC(O)COCCCCOCC(O)COCC4O[C@H](C)C(NC(C)=O)[C@@H](O[C@@H]5OC(C(=O)[O-])[C@@H](OC)[C@H](O)C5O)[C@@H]4O)[C@@H]3O)CC2O)[C@@H](O)[C@H](O)C1O.[Na+].[Na+].